The number of non-ortho nitro benzene ring substituents is 1. The van der Waals surface area contributed by atoms with Gasteiger partial charge in [-0.3, -0.25) is 10.1 Å². The second-order valence-electron chi connectivity index (χ2n) is 4.48. The molecule has 0 bridgehead atoms. The lowest BCUT2D eigenvalue weighted by molar-refractivity contribution is -0.385. The van der Waals surface area contributed by atoms with Gasteiger partial charge < -0.3 is 9.84 Å². The predicted octanol–water partition coefficient (Wildman–Crippen LogP) is 2.79. The molecule has 2 aromatic rings. The molecule has 6 nitrogen and oxygen atoms in total. The fourth-order valence-corrected chi connectivity index (χ4v) is 1.78. The van der Waals surface area contributed by atoms with Gasteiger partial charge in [-0.25, -0.2) is 4.79 Å². The van der Waals surface area contributed by atoms with E-state index in [0.717, 1.165) is 0 Å². The van der Waals surface area contributed by atoms with Crippen molar-refractivity contribution >= 4 is 11.7 Å². The van der Waals surface area contributed by atoms with E-state index in [9.17, 15) is 20.0 Å². The molecule has 1 N–H and O–H groups in total. The molecule has 0 aliphatic carbocycles. The lowest BCUT2D eigenvalue weighted by Crippen LogP contribution is -2.16. The molecular formula is C16H13NO5. The van der Waals surface area contributed by atoms with Crippen LogP contribution in [0.2, 0.25) is 0 Å². The van der Waals surface area contributed by atoms with E-state index in [0.29, 0.717) is 5.75 Å². The van der Waals surface area contributed by atoms with E-state index >= 15 is 0 Å². The Morgan fingerprint density at radius 1 is 1.18 bits per heavy atom. The van der Waals surface area contributed by atoms with Gasteiger partial charge in [0.2, 0.25) is 0 Å². The van der Waals surface area contributed by atoms with Gasteiger partial charge in [0, 0.05) is 12.1 Å². The minimum Gasteiger partial charge on any atom is -0.423 e. The van der Waals surface area contributed by atoms with Crippen LogP contribution in [0.4, 0.5) is 5.69 Å². The maximum Gasteiger partial charge on any atom is 0.341 e. The molecular weight excluding hydrogens is 286 g/mol. The Balaban J connectivity index is 2.13. The molecule has 6 heteroatoms. The third-order valence-electron chi connectivity index (χ3n) is 2.94. The van der Waals surface area contributed by atoms with Gasteiger partial charge in [0.1, 0.15) is 11.9 Å². The van der Waals surface area contributed by atoms with Crippen LogP contribution in [0, 0.1) is 10.1 Å². The zero-order chi connectivity index (χ0) is 16.1. The highest BCUT2D eigenvalue weighted by Crippen LogP contribution is 2.25. The first kappa shape index (κ1) is 15.4. The van der Waals surface area contributed by atoms with Crippen molar-refractivity contribution in [1.29, 1.82) is 0 Å². The van der Waals surface area contributed by atoms with Gasteiger partial charge in [-0.1, -0.05) is 36.9 Å². The monoisotopic (exact) mass is 299 g/mol. The normalized spacial score (nSPS) is 11.5. The van der Waals surface area contributed by atoms with Crippen molar-refractivity contribution in [2.75, 3.05) is 0 Å². The van der Waals surface area contributed by atoms with Crippen molar-refractivity contribution < 1.29 is 19.6 Å². The summed E-state index contributed by atoms with van der Waals surface area (Å²) < 4.78 is 5.06. The van der Waals surface area contributed by atoms with Crippen LogP contribution in [0.25, 0.3) is 0 Å². The predicted molar refractivity (Wildman–Crippen MR) is 79.3 cm³/mol. The van der Waals surface area contributed by atoms with Crippen LogP contribution in [-0.2, 0) is 4.79 Å². The fourth-order valence-electron chi connectivity index (χ4n) is 1.78. The molecule has 0 aromatic heterocycles. The average Bonchev–Trinajstić information content (AvgIpc) is 2.54. The molecule has 0 saturated heterocycles. The molecule has 0 aliphatic rings. The van der Waals surface area contributed by atoms with Crippen molar-refractivity contribution in [3.05, 3.63) is 82.4 Å². The summed E-state index contributed by atoms with van der Waals surface area (Å²) in [5, 5.41) is 20.9. The summed E-state index contributed by atoms with van der Waals surface area (Å²) in [7, 11) is 0. The zero-order valence-corrected chi connectivity index (χ0v) is 11.5. The number of para-hydroxylation sites is 1. The summed E-state index contributed by atoms with van der Waals surface area (Å²) in [5.41, 5.74) is -0.186. The number of carbonyl (C=O) groups excluding carboxylic acids is 1. The molecule has 0 heterocycles. The second kappa shape index (κ2) is 6.64. The van der Waals surface area contributed by atoms with Crippen molar-refractivity contribution in [2.45, 2.75) is 6.10 Å². The molecule has 2 rings (SSSR count). The quantitative estimate of drug-likeness (QED) is 0.301. The molecule has 0 fully saturated rings. The average molecular weight is 299 g/mol. The summed E-state index contributed by atoms with van der Waals surface area (Å²) in [5.74, 6) is -0.481. The first-order valence-electron chi connectivity index (χ1n) is 6.37. The maximum atomic E-state index is 11.9. The highest BCUT2D eigenvalue weighted by molar-refractivity contribution is 5.90. The van der Waals surface area contributed by atoms with Gasteiger partial charge in [-0.05, 0) is 17.7 Å². The number of nitro benzene ring substituents is 1. The number of rotatable bonds is 5. The third kappa shape index (κ3) is 3.56. The molecule has 2 aromatic carbocycles. The Morgan fingerprint density at radius 3 is 2.50 bits per heavy atom. The van der Waals surface area contributed by atoms with Gasteiger partial charge >= 0.3 is 5.97 Å². The first-order chi connectivity index (χ1) is 10.5. The van der Waals surface area contributed by atoms with Crippen molar-refractivity contribution in [1.82, 2.24) is 0 Å². The SMILES string of the molecule is C=C(C(=O)Oc1ccccc1)C(O)c1cccc([N+](=O)[O-])c1. The molecule has 0 aliphatic heterocycles. The van der Waals surface area contributed by atoms with Crippen molar-refractivity contribution in [3.63, 3.8) is 0 Å². The number of ether oxygens (including phenoxy) is 1. The summed E-state index contributed by atoms with van der Waals surface area (Å²) in [6.07, 6.45) is -1.38. The Hall–Kier alpha value is -2.99. The molecule has 0 saturated carbocycles. The summed E-state index contributed by atoms with van der Waals surface area (Å²) in [4.78, 5) is 22.1. The highest BCUT2D eigenvalue weighted by Gasteiger charge is 2.21. The number of hydrogen-bond donors (Lipinski definition) is 1. The topological polar surface area (TPSA) is 89.7 Å². The summed E-state index contributed by atoms with van der Waals surface area (Å²) in [6, 6.07) is 13.7. The second-order valence-corrected chi connectivity index (χ2v) is 4.48. The number of carbonyl (C=O) groups is 1. The number of aliphatic hydroxyl groups is 1. The first-order valence-corrected chi connectivity index (χ1v) is 6.37. The van der Waals surface area contributed by atoms with Crippen molar-refractivity contribution in [2.24, 2.45) is 0 Å². The van der Waals surface area contributed by atoms with Gasteiger partial charge in [0.15, 0.2) is 0 Å². The van der Waals surface area contributed by atoms with E-state index < -0.39 is 17.0 Å². The van der Waals surface area contributed by atoms with Gasteiger partial charge in [0.05, 0.1) is 10.5 Å². The van der Waals surface area contributed by atoms with E-state index in [2.05, 4.69) is 6.58 Å². The van der Waals surface area contributed by atoms with E-state index in [1.54, 1.807) is 30.3 Å². The Bertz CT molecular complexity index is 711. The number of benzene rings is 2. The number of nitro groups is 1. The minimum absolute atomic E-state index is 0.180. The van der Waals surface area contributed by atoms with Crippen LogP contribution in [0.5, 0.6) is 5.75 Å². The lowest BCUT2D eigenvalue weighted by atomic mass is 10.0. The number of aliphatic hydroxyl groups excluding tert-OH is 1. The summed E-state index contributed by atoms with van der Waals surface area (Å²) >= 11 is 0. The third-order valence-corrected chi connectivity index (χ3v) is 2.94. The van der Waals surface area contributed by atoms with Crippen LogP contribution in [0.3, 0.4) is 0 Å². The molecule has 112 valence electrons. The number of hydrogen-bond acceptors (Lipinski definition) is 5. The molecule has 0 radical (unpaired) electrons. The lowest BCUT2D eigenvalue weighted by Gasteiger charge is -2.13. The van der Waals surface area contributed by atoms with E-state index in [1.807, 2.05) is 0 Å². The Kier molecular flexibility index (Phi) is 4.65. The largest absolute Gasteiger partial charge is 0.423 e. The molecule has 0 amide bonds. The minimum atomic E-state index is -1.38. The number of esters is 1. The molecule has 1 atom stereocenters. The van der Waals surface area contributed by atoms with Gasteiger partial charge in [0.25, 0.3) is 5.69 Å². The van der Waals surface area contributed by atoms with Gasteiger partial charge in [-0.15, -0.1) is 0 Å². The maximum absolute atomic E-state index is 11.9. The van der Waals surface area contributed by atoms with Crippen LogP contribution < -0.4 is 4.74 Å². The Labute approximate surface area is 126 Å². The van der Waals surface area contributed by atoms with Crippen LogP contribution in [0.1, 0.15) is 11.7 Å². The molecule has 22 heavy (non-hydrogen) atoms. The van der Waals surface area contributed by atoms with Crippen LogP contribution in [0.15, 0.2) is 66.7 Å². The van der Waals surface area contributed by atoms with Crippen molar-refractivity contribution in [3.8, 4) is 5.75 Å². The molecule has 1 unspecified atom stereocenters. The van der Waals surface area contributed by atoms with E-state index in [-0.39, 0.29) is 16.8 Å². The number of nitrogens with zero attached hydrogens (tertiary/aromatic N) is 1. The van der Waals surface area contributed by atoms with E-state index in [4.69, 9.17) is 4.74 Å². The van der Waals surface area contributed by atoms with Gasteiger partial charge in [-0.2, -0.15) is 0 Å². The smallest absolute Gasteiger partial charge is 0.341 e. The highest BCUT2D eigenvalue weighted by atomic mass is 16.6. The zero-order valence-electron chi connectivity index (χ0n) is 11.5. The van der Waals surface area contributed by atoms with E-state index in [1.165, 1.54) is 24.3 Å². The fraction of sp³-hybridized carbons (Fsp3) is 0.0625. The van der Waals surface area contributed by atoms with Crippen LogP contribution >= 0.6 is 0 Å². The molecule has 0 spiro atoms. The summed E-state index contributed by atoms with van der Waals surface area (Å²) in [6.45, 7) is 3.51. The standard InChI is InChI=1S/C16H13NO5/c1-11(16(19)22-14-8-3-2-4-9-14)15(18)12-6-5-7-13(10-12)17(20)21/h2-10,15,18H,1H2. The van der Waals surface area contributed by atoms with Crippen LogP contribution in [-0.4, -0.2) is 16.0 Å². The Morgan fingerprint density at radius 2 is 1.86 bits per heavy atom.